The van der Waals surface area contributed by atoms with Crippen molar-refractivity contribution in [1.29, 1.82) is 0 Å². The van der Waals surface area contributed by atoms with Gasteiger partial charge in [0.15, 0.2) is 0 Å². The SMILES string of the molecule is C/C(=N\N(C)c1ccc(NCc2ccc(O)cc2O)cc1)c1n(C)cc[n+]1C. The van der Waals surface area contributed by atoms with Crippen LogP contribution in [0.2, 0.25) is 0 Å². The second kappa shape index (κ2) is 8.04. The Bertz CT molecular complexity index is 973. The molecule has 146 valence electrons. The molecule has 0 aliphatic heterocycles. The van der Waals surface area contributed by atoms with Crippen molar-refractivity contribution in [3.8, 4) is 11.5 Å². The van der Waals surface area contributed by atoms with Crippen LogP contribution in [0.1, 0.15) is 18.3 Å². The van der Waals surface area contributed by atoms with Crippen LogP contribution in [0.3, 0.4) is 0 Å². The fourth-order valence-electron chi connectivity index (χ4n) is 3.12. The van der Waals surface area contributed by atoms with Crippen LogP contribution in [0, 0.1) is 0 Å². The monoisotopic (exact) mass is 380 g/mol. The molecule has 0 amide bonds. The van der Waals surface area contributed by atoms with Crippen LogP contribution in [0.15, 0.2) is 60.0 Å². The van der Waals surface area contributed by atoms with Gasteiger partial charge in [-0.1, -0.05) is 0 Å². The summed E-state index contributed by atoms with van der Waals surface area (Å²) < 4.78 is 4.08. The lowest BCUT2D eigenvalue weighted by atomic mass is 10.2. The zero-order valence-electron chi connectivity index (χ0n) is 16.6. The average molecular weight is 380 g/mol. The molecule has 0 bridgehead atoms. The van der Waals surface area contributed by atoms with Crippen LogP contribution in [-0.4, -0.2) is 27.5 Å². The predicted molar refractivity (Wildman–Crippen MR) is 111 cm³/mol. The molecule has 3 aromatic rings. The van der Waals surface area contributed by atoms with Crippen LogP contribution in [0.5, 0.6) is 11.5 Å². The van der Waals surface area contributed by atoms with Gasteiger partial charge in [-0.05, 0) is 43.3 Å². The molecule has 0 saturated heterocycles. The summed E-state index contributed by atoms with van der Waals surface area (Å²) in [5.74, 6) is 1.16. The fourth-order valence-corrected chi connectivity index (χ4v) is 3.12. The van der Waals surface area contributed by atoms with Gasteiger partial charge >= 0.3 is 5.82 Å². The molecule has 0 saturated carbocycles. The molecule has 0 unspecified atom stereocenters. The van der Waals surface area contributed by atoms with Gasteiger partial charge in [-0.15, -0.1) is 0 Å². The molecule has 2 aromatic carbocycles. The Morgan fingerprint density at radius 3 is 2.50 bits per heavy atom. The molecule has 0 aliphatic rings. The number of anilines is 2. The Labute approximate surface area is 164 Å². The molecule has 0 fully saturated rings. The Morgan fingerprint density at radius 2 is 1.89 bits per heavy atom. The van der Waals surface area contributed by atoms with E-state index in [2.05, 4.69) is 10.4 Å². The summed E-state index contributed by atoms with van der Waals surface area (Å²) in [5, 5.41) is 29.0. The molecule has 1 aromatic heterocycles. The minimum absolute atomic E-state index is 0.0495. The number of benzene rings is 2. The number of aromatic hydroxyl groups is 2. The maximum absolute atomic E-state index is 9.86. The lowest BCUT2D eigenvalue weighted by Gasteiger charge is -2.15. The van der Waals surface area contributed by atoms with E-state index in [9.17, 15) is 10.2 Å². The molecule has 0 aliphatic carbocycles. The summed E-state index contributed by atoms with van der Waals surface area (Å²) in [6, 6.07) is 12.5. The summed E-state index contributed by atoms with van der Waals surface area (Å²) in [7, 11) is 5.92. The van der Waals surface area contributed by atoms with E-state index in [1.807, 2.05) is 78.9 Å². The number of nitrogens with zero attached hydrogens (tertiary/aromatic N) is 4. The Balaban J connectivity index is 1.67. The third-order valence-corrected chi connectivity index (χ3v) is 4.60. The largest absolute Gasteiger partial charge is 0.508 e. The van der Waals surface area contributed by atoms with E-state index in [0.29, 0.717) is 6.54 Å². The molecule has 3 N–H and O–H groups in total. The van der Waals surface area contributed by atoms with Crippen molar-refractivity contribution >= 4 is 17.1 Å². The smallest absolute Gasteiger partial charge is 0.304 e. The highest BCUT2D eigenvalue weighted by atomic mass is 16.3. The van der Waals surface area contributed by atoms with Gasteiger partial charge in [0.05, 0.1) is 19.8 Å². The number of hydrazone groups is 1. The number of hydrogen-bond donors (Lipinski definition) is 3. The van der Waals surface area contributed by atoms with E-state index in [1.54, 1.807) is 12.1 Å². The maximum Gasteiger partial charge on any atom is 0.304 e. The van der Waals surface area contributed by atoms with Gasteiger partial charge in [-0.2, -0.15) is 5.10 Å². The molecule has 0 spiro atoms. The standard InChI is InChI=1S/C21H25N5O2/c1-15(21-24(2)11-12-25(21)3)23-26(4)18-8-6-17(7-9-18)22-14-16-5-10-19(27)13-20(16)28/h5-13H,14H2,1-4H3,(H2-,22,23,27,28)/p+1. The average Bonchev–Trinajstić information content (AvgIpc) is 3.00. The number of phenolic OH excluding ortho intramolecular Hbond substituents is 2. The molecule has 7 nitrogen and oxygen atoms in total. The van der Waals surface area contributed by atoms with Gasteiger partial charge < -0.3 is 15.5 Å². The second-order valence-corrected chi connectivity index (χ2v) is 6.77. The van der Waals surface area contributed by atoms with E-state index in [0.717, 1.165) is 28.5 Å². The fraction of sp³-hybridized carbons (Fsp3) is 0.238. The summed E-state index contributed by atoms with van der Waals surface area (Å²) in [4.78, 5) is 0. The highest BCUT2D eigenvalue weighted by Crippen LogP contribution is 2.24. The summed E-state index contributed by atoms with van der Waals surface area (Å²) >= 11 is 0. The molecule has 3 rings (SSSR count). The Morgan fingerprint density at radius 1 is 1.18 bits per heavy atom. The molecular weight excluding hydrogens is 354 g/mol. The first-order valence-corrected chi connectivity index (χ1v) is 9.00. The molecule has 28 heavy (non-hydrogen) atoms. The van der Waals surface area contributed by atoms with Gasteiger partial charge in [0.2, 0.25) is 0 Å². The van der Waals surface area contributed by atoms with Crippen LogP contribution < -0.4 is 14.9 Å². The number of hydrogen-bond acceptors (Lipinski definition) is 5. The van der Waals surface area contributed by atoms with Gasteiger partial charge in [0.1, 0.15) is 29.6 Å². The lowest BCUT2D eigenvalue weighted by molar-refractivity contribution is -0.672. The zero-order chi connectivity index (χ0) is 20.3. The van der Waals surface area contributed by atoms with Crippen molar-refractivity contribution in [2.45, 2.75) is 13.5 Å². The van der Waals surface area contributed by atoms with Crippen molar-refractivity contribution in [1.82, 2.24) is 4.57 Å². The topological polar surface area (TPSA) is 76.9 Å². The van der Waals surface area contributed by atoms with Crippen molar-refractivity contribution in [3.05, 3.63) is 66.2 Å². The number of aromatic nitrogens is 2. The molecule has 7 heteroatoms. The van der Waals surface area contributed by atoms with Crippen molar-refractivity contribution in [2.24, 2.45) is 19.2 Å². The van der Waals surface area contributed by atoms with Gasteiger partial charge in [-0.25, -0.2) is 9.13 Å². The second-order valence-electron chi connectivity index (χ2n) is 6.77. The van der Waals surface area contributed by atoms with E-state index in [4.69, 9.17) is 0 Å². The number of aryl methyl sites for hydroxylation is 2. The highest BCUT2D eigenvalue weighted by molar-refractivity contribution is 5.94. The van der Waals surface area contributed by atoms with E-state index >= 15 is 0 Å². The lowest BCUT2D eigenvalue weighted by Crippen LogP contribution is -2.35. The first kappa shape index (κ1) is 19.3. The molecular formula is C21H26N5O2+. The van der Waals surface area contributed by atoms with E-state index < -0.39 is 0 Å². The van der Waals surface area contributed by atoms with Crippen LogP contribution >= 0.6 is 0 Å². The van der Waals surface area contributed by atoms with Crippen LogP contribution in [0.25, 0.3) is 0 Å². The van der Waals surface area contributed by atoms with E-state index in [1.165, 1.54) is 6.07 Å². The van der Waals surface area contributed by atoms with Crippen molar-refractivity contribution in [2.75, 3.05) is 17.4 Å². The minimum atomic E-state index is 0.0495. The molecule has 1 heterocycles. The maximum atomic E-state index is 9.86. The number of rotatable bonds is 6. The summed E-state index contributed by atoms with van der Waals surface area (Å²) in [5.41, 5.74) is 3.53. The highest BCUT2D eigenvalue weighted by Gasteiger charge is 2.15. The van der Waals surface area contributed by atoms with Crippen molar-refractivity contribution in [3.63, 3.8) is 0 Å². The first-order chi connectivity index (χ1) is 13.3. The van der Waals surface area contributed by atoms with Gasteiger partial charge in [0.25, 0.3) is 0 Å². The summed E-state index contributed by atoms with van der Waals surface area (Å²) in [6.45, 7) is 2.45. The third kappa shape index (κ3) is 4.25. The minimum Gasteiger partial charge on any atom is -0.508 e. The van der Waals surface area contributed by atoms with Crippen LogP contribution in [0.4, 0.5) is 11.4 Å². The quantitative estimate of drug-likeness (QED) is 0.349. The third-order valence-electron chi connectivity index (χ3n) is 4.60. The Hall–Kier alpha value is -3.48. The number of phenols is 2. The summed E-state index contributed by atoms with van der Waals surface area (Å²) in [6.07, 6.45) is 4.00. The number of nitrogens with one attached hydrogen (secondary N) is 1. The zero-order valence-corrected chi connectivity index (χ0v) is 16.6. The van der Waals surface area contributed by atoms with Crippen LogP contribution in [-0.2, 0) is 20.6 Å². The first-order valence-electron chi connectivity index (χ1n) is 9.00. The Kier molecular flexibility index (Phi) is 5.54. The molecule has 0 radical (unpaired) electrons. The van der Waals surface area contributed by atoms with Gasteiger partial charge in [-0.3, -0.25) is 5.01 Å². The normalized spacial score (nSPS) is 11.5. The predicted octanol–water partition coefficient (Wildman–Crippen LogP) is 2.73. The van der Waals surface area contributed by atoms with Crippen molar-refractivity contribution < 1.29 is 14.8 Å². The van der Waals surface area contributed by atoms with E-state index in [-0.39, 0.29) is 11.5 Å². The molecule has 0 atom stereocenters. The number of imidazole rings is 1. The van der Waals surface area contributed by atoms with Gasteiger partial charge in [0, 0.05) is 30.9 Å².